The molecule has 8 nitrogen and oxygen atoms in total. The molecule has 0 aliphatic carbocycles. The maximum atomic E-state index is 12.2. The Hall–Kier alpha value is -2.25. The second-order valence-corrected chi connectivity index (χ2v) is 4.28. The van der Waals surface area contributed by atoms with Crippen molar-refractivity contribution in [2.45, 2.75) is 12.8 Å². The van der Waals surface area contributed by atoms with E-state index in [1.54, 1.807) is 4.90 Å². The molecular weight excluding hydrogens is 236 g/mol. The van der Waals surface area contributed by atoms with Gasteiger partial charge in [0.2, 0.25) is 0 Å². The van der Waals surface area contributed by atoms with Crippen LogP contribution >= 0.6 is 0 Å². The predicted octanol–water partition coefficient (Wildman–Crippen LogP) is -0.941. The maximum absolute atomic E-state index is 12.2. The number of carbonyl (C=O) groups is 1. The van der Waals surface area contributed by atoms with Crippen LogP contribution in [0.1, 0.15) is 23.3 Å². The molecule has 2 aromatic rings. The molecule has 0 saturated carbocycles. The fraction of sp³-hybridized carbons (Fsp3) is 0.500. The smallest absolute Gasteiger partial charge is 0.337 e. The van der Waals surface area contributed by atoms with Gasteiger partial charge in [-0.05, 0) is 12.8 Å². The standard InChI is InChI=1S/C10H12N6O2/c1-14-10(18)16-6-11-7(8(16)12-13-14)9(17)15-4-2-3-5-15/h6H,2-5H2,1H3. The van der Waals surface area contributed by atoms with Crippen molar-refractivity contribution in [3.63, 3.8) is 0 Å². The summed E-state index contributed by atoms with van der Waals surface area (Å²) >= 11 is 0. The van der Waals surface area contributed by atoms with Gasteiger partial charge in [-0.2, -0.15) is 4.68 Å². The van der Waals surface area contributed by atoms with Crippen LogP contribution in [0.5, 0.6) is 0 Å². The fourth-order valence-corrected chi connectivity index (χ4v) is 2.10. The van der Waals surface area contributed by atoms with Crippen LogP contribution in [-0.2, 0) is 7.05 Å². The Morgan fingerprint density at radius 1 is 1.33 bits per heavy atom. The molecule has 0 radical (unpaired) electrons. The van der Waals surface area contributed by atoms with Gasteiger partial charge in [0, 0.05) is 20.1 Å². The lowest BCUT2D eigenvalue weighted by molar-refractivity contribution is 0.0789. The van der Waals surface area contributed by atoms with Crippen LogP contribution in [0, 0.1) is 0 Å². The number of likely N-dealkylation sites (tertiary alicyclic amines) is 1. The Morgan fingerprint density at radius 3 is 2.78 bits per heavy atom. The molecule has 3 heterocycles. The molecule has 0 aromatic carbocycles. The maximum Gasteiger partial charge on any atom is 0.352 e. The lowest BCUT2D eigenvalue weighted by Gasteiger charge is -2.12. The van der Waals surface area contributed by atoms with Crippen molar-refractivity contribution in [2.24, 2.45) is 7.05 Å². The first-order valence-corrected chi connectivity index (χ1v) is 5.75. The second kappa shape index (κ2) is 3.90. The van der Waals surface area contributed by atoms with E-state index < -0.39 is 0 Å². The molecule has 0 spiro atoms. The number of fused-ring (bicyclic) bond motifs is 1. The highest BCUT2D eigenvalue weighted by Gasteiger charge is 2.24. The van der Waals surface area contributed by atoms with Gasteiger partial charge in [-0.1, -0.05) is 5.21 Å². The molecule has 3 rings (SSSR count). The molecule has 1 saturated heterocycles. The van der Waals surface area contributed by atoms with Crippen molar-refractivity contribution in [2.75, 3.05) is 13.1 Å². The normalized spacial score (nSPS) is 15.5. The summed E-state index contributed by atoms with van der Waals surface area (Å²) in [5, 5.41) is 7.53. The summed E-state index contributed by atoms with van der Waals surface area (Å²) < 4.78 is 2.33. The number of imidazole rings is 1. The minimum Gasteiger partial charge on any atom is -0.337 e. The van der Waals surface area contributed by atoms with Gasteiger partial charge >= 0.3 is 5.69 Å². The zero-order valence-electron chi connectivity index (χ0n) is 9.91. The number of rotatable bonds is 1. The second-order valence-electron chi connectivity index (χ2n) is 4.28. The Kier molecular flexibility index (Phi) is 2.35. The Morgan fingerprint density at radius 2 is 2.06 bits per heavy atom. The highest BCUT2D eigenvalue weighted by Crippen LogP contribution is 2.13. The topological polar surface area (TPSA) is 85.4 Å². The Balaban J connectivity index is 2.10. The predicted molar refractivity (Wildman–Crippen MR) is 61.2 cm³/mol. The first kappa shape index (κ1) is 10.9. The molecular formula is C10H12N6O2. The van der Waals surface area contributed by atoms with Gasteiger partial charge in [0.05, 0.1) is 0 Å². The van der Waals surface area contributed by atoms with E-state index in [0.29, 0.717) is 0 Å². The van der Waals surface area contributed by atoms with Crippen LogP contribution in [0.2, 0.25) is 0 Å². The van der Waals surface area contributed by atoms with Crippen LogP contribution < -0.4 is 5.69 Å². The number of hydrogen-bond acceptors (Lipinski definition) is 5. The van der Waals surface area contributed by atoms with E-state index in [9.17, 15) is 9.59 Å². The summed E-state index contributed by atoms with van der Waals surface area (Å²) in [6.45, 7) is 1.46. The van der Waals surface area contributed by atoms with Crippen molar-refractivity contribution in [3.8, 4) is 0 Å². The number of aromatic nitrogens is 5. The minimum absolute atomic E-state index is 0.183. The van der Waals surface area contributed by atoms with E-state index in [-0.39, 0.29) is 22.9 Å². The van der Waals surface area contributed by atoms with E-state index in [0.717, 1.165) is 30.6 Å². The van der Waals surface area contributed by atoms with Gasteiger partial charge in [0.25, 0.3) is 5.91 Å². The van der Waals surface area contributed by atoms with Gasteiger partial charge in [-0.15, -0.1) is 5.10 Å². The van der Waals surface area contributed by atoms with Crippen LogP contribution in [0.25, 0.3) is 5.65 Å². The van der Waals surface area contributed by atoms with Crippen molar-refractivity contribution in [1.29, 1.82) is 0 Å². The Bertz CT molecular complexity index is 667. The summed E-state index contributed by atoms with van der Waals surface area (Å²) in [5.41, 5.74) is 0.0464. The monoisotopic (exact) mass is 248 g/mol. The van der Waals surface area contributed by atoms with Gasteiger partial charge < -0.3 is 4.90 Å². The third-order valence-electron chi connectivity index (χ3n) is 3.09. The van der Waals surface area contributed by atoms with Crippen molar-refractivity contribution >= 4 is 11.6 Å². The lowest BCUT2D eigenvalue weighted by Crippen LogP contribution is -2.30. The molecule has 0 bridgehead atoms. The molecule has 94 valence electrons. The molecule has 2 aromatic heterocycles. The quantitative estimate of drug-likeness (QED) is 0.650. The number of aryl methyl sites for hydroxylation is 1. The summed E-state index contributed by atoms with van der Waals surface area (Å²) in [7, 11) is 1.50. The van der Waals surface area contributed by atoms with E-state index in [4.69, 9.17) is 0 Å². The van der Waals surface area contributed by atoms with Crippen LogP contribution in [0.15, 0.2) is 11.1 Å². The molecule has 0 unspecified atom stereocenters. The van der Waals surface area contributed by atoms with Crippen molar-refractivity contribution in [1.82, 2.24) is 29.3 Å². The molecule has 0 atom stereocenters. The van der Waals surface area contributed by atoms with E-state index >= 15 is 0 Å². The van der Waals surface area contributed by atoms with E-state index in [1.165, 1.54) is 17.8 Å². The average molecular weight is 248 g/mol. The molecule has 1 fully saturated rings. The highest BCUT2D eigenvalue weighted by molar-refractivity contribution is 5.97. The first-order valence-electron chi connectivity index (χ1n) is 5.75. The van der Waals surface area contributed by atoms with Gasteiger partial charge in [0.1, 0.15) is 6.33 Å². The summed E-state index contributed by atoms with van der Waals surface area (Å²) in [6.07, 6.45) is 3.32. The van der Waals surface area contributed by atoms with Crippen LogP contribution in [-0.4, -0.2) is 48.3 Å². The zero-order valence-corrected chi connectivity index (χ0v) is 9.91. The summed E-state index contributed by atoms with van der Waals surface area (Å²) in [6, 6.07) is 0. The average Bonchev–Trinajstić information content (AvgIpc) is 3.01. The number of hydrogen-bond donors (Lipinski definition) is 0. The summed E-state index contributed by atoms with van der Waals surface area (Å²) in [5.74, 6) is -0.183. The lowest BCUT2D eigenvalue weighted by atomic mass is 10.4. The molecule has 8 heteroatoms. The van der Waals surface area contributed by atoms with Crippen molar-refractivity contribution < 1.29 is 4.79 Å². The Labute approximate surface area is 102 Å². The zero-order chi connectivity index (χ0) is 12.7. The largest absolute Gasteiger partial charge is 0.352 e. The first-order chi connectivity index (χ1) is 8.68. The van der Waals surface area contributed by atoms with Gasteiger partial charge in [0.15, 0.2) is 11.3 Å². The number of nitrogens with zero attached hydrogens (tertiary/aromatic N) is 6. The third kappa shape index (κ3) is 1.49. The molecule has 1 aliphatic heterocycles. The molecule has 1 aliphatic rings. The van der Waals surface area contributed by atoms with Crippen molar-refractivity contribution in [3.05, 3.63) is 22.5 Å². The molecule has 18 heavy (non-hydrogen) atoms. The number of carbonyl (C=O) groups excluding carboxylic acids is 1. The SMILES string of the molecule is Cn1nnc2c(C(=O)N3CCCC3)ncn2c1=O. The van der Waals surface area contributed by atoms with Crippen LogP contribution in [0.3, 0.4) is 0 Å². The van der Waals surface area contributed by atoms with Gasteiger partial charge in [-0.25, -0.2) is 14.2 Å². The molecule has 0 N–H and O–H groups in total. The van der Waals surface area contributed by atoms with Crippen LogP contribution in [0.4, 0.5) is 0 Å². The fourth-order valence-electron chi connectivity index (χ4n) is 2.10. The third-order valence-corrected chi connectivity index (χ3v) is 3.09. The minimum atomic E-state index is -0.368. The number of amides is 1. The molecule has 1 amide bonds. The van der Waals surface area contributed by atoms with E-state index in [1.807, 2.05) is 0 Å². The highest BCUT2D eigenvalue weighted by atomic mass is 16.2. The summed E-state index contributed by atoms with van der Waals surface area (Å²) in [4.78, 5) is 29.7. The van der Waals surface area contributed by atoms with Gasteiger partial charge in [-0.3, -0.25) is 4.79 Å². The van der Waals surface area contributed by atoms with E-state index in [2.05, 4.69) is 15.3 Å².